The minimum absolute atomic E-state index is 0.104. The zero-order valence-electron chi connectivity index (χ0n) is 24.1. The number of benzene rings is 4. The van der Waals surface area contributed by atoms with Crippen LogP contribution in [0, 0.1) is 6.92 Å². The van der Waals surface area contributed by atoms with Gasteiger partial charge < -0.3 is 19.5 Å². The number of nitrogens with one attached hydrogen (secondary N) is 1. The van der Waals surface area contributed by atoms with Crippen molar-refractivity contribution in [2.75, 3.05) is 0 Å². The molecule has 0 aliphatic heterocycles. The molecule has 0 aromatic heterocycles. The van der Waals surface area contributed by atoms with E-state index in [-0.39, 0.29) is 13.0 Å². The van der Waals surface area contributed by atoms with Crippen LogP contribution in [0.15, 0.2) is 103 Å². The molecule has 0 aliphatic rings. The number of amides is 1. The molecular formula is C35H37NO5. The molecule has 212 valence electrons. The molecule has 0 unspecified atom stereocenters. The van der Waals surface area contributed by atoms with Gasteiger partial charge in [-0.3, -0.25) is 0 Å². The standard InChI is InChI=1S/C35H37NO5/c1-25-13-11-12-18-29(25)30-21-28(19-20-32(30)39-23-26-14-7-5-8-15-26)22-31(36-34(38)41-35(2,3)4)33(37)40-24-27-16-9-6-10-17-27/h5-21,31H,22-24H2,1-4H3,(H,36,38)/t31-/m0/s1. The van der Waals surface area contributed by atoms with Crippen molar-refractivity contribution in [1.29, 1.82) is 0 Å². The molecule has 6 nitrogen and oxygen atoms in total. The van der Waals surface area contributed by atoms with Gasteiger partial charge in [-0.25, -0.2) is 9.59 Å². The van der Waals surface area contributed by atoms with E-state index in [4.69, 9.17) is 14.2 Å². The third-order valence-electron chi connectivity index (χ3n) is 6.36. The fraction of sp³-hybridized carbons (Fsp3) is 0.257. The summed E-state index contributed by atoms with van der Waals surface area (Å²) in [5.74, 6) is 0.191. The van der Waals surface area contributed by atoms with Crippen LogP contribution in [0.2, 0.25) is 0 Å². The predicted octanol–water partition coefficient (Wildman–Crippen LogP) is 7.42. The van der Waals surface area contributed by atoms with Crippen LogP contribution < -0.4 is 10.1 Å². The summed E-state index contributed by atoms with van der Waals surface area (Å²) in [5.41, 5.74) is 5.09. The van der Waals surface area contributed by atoms with E-state index in [9.17, 15) is 9.59 Å². The smallest absolute Gasteiger partial charge is 0.408 e. The molecule has 0 saturated heterocycles. The molecule has 0 radical (unpaired) electrons. The summed E-state index contributed by atoms with van der Waals surface area (Å²) < 4.78 is 17.3. The summed E-state index contributed by atoms with van der Waals surface area (Å²) in [6.45, 7) is 7.91. The minimum atomic E-state index is -0.950. The van der Waals surface area contributed by atoms with Crippen LogP contribution in [0.4, 0.5) is 4.79 Å². The Morgan fingerprint density at radius 3 is 1.98 bits per heavy atom. The molecule has 4 aromatic rings. The fourth-order valence-electron chi connectivity index (χ4n) is 4.36. The summed E-state index contributed by atoms with van der Waals surface area (Å²) in [4.78, 5) is 25.9. The third-order valence-corrected chi connectivity index (χ3v) is 6.36. The van der Waals surface area contributed by atoms with Gasteiger partial charge in [-0.15, -0.1) is 0 Å². The molecule has 1 N–H and O–H groups in total. The van der Waals surface area contributed by atoms with Crippen LogP contribution in [0.5, 0.6) is 5.75 Å². The lowest BCUT2D eigenvalue weighted by molar-refractivity contribution is -0.147. The number of hydrogen-bond acceptors (Lipinski definition) is 5. The quantitative estimate of drug-likeness (QED) is 0.208. The van der Waals surface area contributed by atoms with Crippen LogP contribution in [0.3, 0.4) is 0 Å². The van der Waals surface area contributed by atoms with E-state index >= 15 is 0 Å². The molecule has 0 bridgehead atoms. The molecule has 41 heavy (non-hydrogen) atoms. The maximum Gasteiger partial charge on any atom is 0.408 e. The van der Waals surface area contributed by atoms with Crippen LogP contribution in [0.1, 0.15) is 43.0 Å². The van der Waals surface area contributed by atoms with Gasteiger partial charge in [0.25, 0.3) is 0 Å². The number of carbonyl (C=O) groups excluding carboxylic acids is 2. The molecule has 4 aromatic carbocycles. The molecule has 0 spiro atoms. The first kappa shape index (κ1) is 29.4. The molecule has 1 atom stereocenters. The molecule has 6 heteroatoms. The maximum atomic E-state index is 13.2. The van der Waals surface area contributed by atoms with Crippen molar-refractivity contribution in [3.05, 3.63) is 125 Å². The van der Waals surface area contributed by atoms with Crippen LogP contribution in [0.25, 0.3) is 11.1 Å². The topological polar surface area (TPSA) is 73.9 Å². The average Bonchev–Trinajstić information content (AvgIpc) is 2.95. The second-order valence-corrected chi connectivity index (χ2v) is 10.9. The van der Waals surface area contributed by atoms with Gasteiger partial charge in [0.15, 0.2) is 0 Å². The van der Waals surface area contributed by atoms with Crippen molar-refractivity contribution in [2.45, 2.75) is 59.0 Å². The van der Waals surface area contributed by atoms with Gasteiger partial charge in [-0.1, -0.05) is 91.0 Å². The van der Waals surface area contributed by atoms with E-state index in [0.29, 0.717) is 6.61 Å². The normalized spacial score (nSPS) is 11.8. The molecule has 0 aliphatic carbocycles. The number of hydrogen-bond donors (Lipinski definition) is 1. The monoisotopic (exact) mass is 551 g/mol. The summed E-state index contributed by atoms with van der Waals surface area (Å²) in [6.07, 6.45) is -0.467. The number of alkyl carbamates (subject to hydrolysis) is 1. The van der Waals surface area contributed by atoms with Crippen LogP contribution in [-0.4, -0.2) is 23.7 Å². The predicted molar refractivity (Wildman–Crippen MR) is 160 cm³/mol. The highest BCUT2D eigenvalue weighted by Gasteiger charge is 2.26. The Morgan fingerprint density at radius 2 is 1.34 bits per heavy atom. The second-order valence-electron chi connectivity index (χ2n) is 10.9. The summed E-state index contributed by atoms with van der Waals surface area (Å²) in [5, 5.41) is 2.72. The van der Waals surface area contributed by atoms with Crippen molar-refractivity contribution in [3.8, 4) is 16.9 Å². The van der Waals surface area contributed by atoms with Crippen molar-refractivity contribution in [2.24, 2.45) is 0 Å². The first-order chi connectivity index (χ1) is 19.7. The largest absolute Gasteiger partial charge is 0.488 e. The van der Waals surface area contributed by atoms with E-state index in [1.54, 1.807) is 20.8 Å². The zero-order chi connectivity index (χ0) is 29.2. The van der Waals surface area contributed by atoms with Crippen molar-refractivity contribution >= 4 is 12.1 Å². The number of rotatable bonds is 10. The van der Waals surface area contributed by atoms with Gasteiger partial charge in [-0.2, -0.15) is 0 Å². The lowest BCUT2D eigenvalue weighted by Crippen LogP contribution is -2.45. The Kier molecular flexibility index (Phi) is 9.80. The highest BCUT2D eigenvalue weighted by molar-refractivity contribution is 5.82. The first-order valence-electron chi connectivity index (χ1n) is 13.7. The van der Waals surface area contributed by atoms with Gasteiger partial charge >= 0.3 is 12.1 Å². The molecule has 4 rings (SSSR count). The van der Waals surface area contributed by atoms with Gasteiger partial charge in [0.2, 0.25) is 0 Å². The Morgan fingerprint density at radius 1 is 0.732 bits per heavy atom. The molecule has 0 heterocycles. The first-order valence-corrected chi connectivity index (χ1v) is 13.7. The van der Waals surface area contributed by atoms with E-state index in [2.05, 4.69) is 18.3 Å². The number of ether oxygens (including phenoxy) is 3. The average molecular weight is 552 g/mol. The van der Waals surface area contributed by atoms with Gasteiger partial charge in [0, 0.05) is 12.0 Å². The zero-order valence-corrected chi connectivity index (χ0v) is 24.1. The number of esters is 1. The Hall–Kier alpha value is -4.58. The third kappa shape index (κ3) is 8.97. The maximum absolute atomic E-state index is 13.2. The Bertz CT molecular complexity index is 1440. The van der Waals surface area contributed by atoms with Crippen molar-refractivity contribution in [1.82, 2.24) is 5.32 Å². The lowest BCUT2D eigenvalue weighted by atomic mass is 9.95. The van der Waals surface area contributed by atoms with Gasteiger partial charge in [0.05, 0.1) is 0 Å². The molecular weight excluding hydrogens is 514 g/mol. The fourth-order valence-corrected chi connectivity index (χ4v) is 4.36. The number of aryl methyl sites for hydroxylation is 1. The second kappa shape index (κ2) is 13.7. The summed E-state index contributed by atoms with van der Waals surface area (Å²) in [6, 6.07) is 32.4. The van der Waals surface area contributed by atoms with E-state index in [1.807, 2.05) is 97.1 Å². The van der Waals surface area contributed by atoms with Crippen molar-refractivity contribution in [3.63, 3.8) is 0 Å². The van der Waals surface area contributed by atoms with Gasteiger partial charge in [0.1, 0.15) is 30.6 Å². The van der Waals surface area contributed by atoms with Crippen LogP contribution >= 0.6 is 0 Å². The summed E-state index contributed by atoms with van der Waals surface area (Å²) >= 11 is 0. The van der Waals surface area contributed by atoms with E-state index in [1.165, 1.54) is 0 Å². The van der Waals surface area contributed by atoms with Crippen LogP contribution in [-0.2, 0) is 33.9 Å². The Balaban J connectivity index is 1.60. The molecule has 0 saturated carbocycles. The number of carbonyl (C=O) groups is 2. The van der Waals surface area contributed by atoms with Crippen molar-refractivity contribution < 1.29 is 23.8 Å². The Labute approximate surface area is 242 Å². The van der Waals surface area contributed by atoms with Gasteiger partial charge in [-0.05, 0) is 67.6 Å². The molecule has 1 amide bonds. The highest BCUT2D eigenvalue weighted by atomic mass is 16.6. The van der Waals surface area contributed by atoms with E-state index in [0.717, 1.165) is 39.1 Å². The highest BCUT2D eigenvalue weighted by Crippen LogP contribution is 2.34. The lowest BCUT2D eigenvalue weighted by Gasteiger charge is -2.23. The summed E-state index contributed by atoms with van der Waals surface area (Å²) in [7, 11) is 0. The SMILES string of the molecule is Cc1ccccc1-c1cc(C[C@H](NC(=O)OC(C)(C)C)C(=O)OCc2ccccc2)ccc1OCc1ccccc1. The van der Waals surface area contributed by atoms with E-state index < -0.39 is 23.7 Å². The minimum Gasteiger partial charge on any atom is -0.488 e. The molecule has 0 fully saturated rings.